The number of rotatable bonds is 21. The molecule has 1 unspecified atom stereocenters. The molecule has 37 heavy (non-hydrogen) atoms. The average molecular weight is 511 g/mol. The molecule has 0 spiro atoms. The van der Waals surface area contributed by atoms with Crippen LogP contribution in [0.2, 0.25) is 0 Å². The van der Waals surface area contributed by atoms with Gasteiger partial charge in [0.05, 0.1) is 18.9 Å². The van der Waals surface area contributed by atoms with Gasteiger partial charge in [-0.3, -0.25) is 0 Å². The maximum absolute atomic E-state index is 12.9. The first-order chi connectivity index (χ1) is 18.2. The van der Waals surface area contributed by atoms with E-state index in [4.69, 9.17) is 9.47 Å². The normalized spacial score (nSPS) is 11.9. The Balaban J connectivity index is 1.79. The van der Waals surface area contributed by atoms with Crippen LogP contribution in [0.5, 0.6) is 6.01 Å². The van der Waals surface area contributed by atoms with Gasteiger partial charge in [0.2, 0.25) is 0 Å². The molecular formula is C32H50N2O3. The molecule has 0 radical (unpaired) electrons. The predicted molar refractivity (Wildman–Crippen MR) is 153 cm³/mol. The summed E-state index contributed by atoms with van der Waals surface area (Å²) in [7, 11) is 0. The molecule has 1 heterocycles. The number of ether oxygens (including phenoxy) is 2. The first kappa shape index (κ1) is 30.8. The highest BCUT2D eigenvalue weighted by atomic mass is 16.5. The Hall–Kier alpha value is -2.43. The second-order valence-corrected chi connectivity index (χ2v) is 10.3. The van der Waals surface area contributed by atoms with Gasteiger partial charge in [-0.2, -0.15) is 4.98 Å². The molecule has 0 fully saturated rings. The number of nitrogens with zero attached hydrogens (tertiary/aromatic N) is 2. The van der Waals surface area contributed by atoms with Gasteiger partial charge in [0, 0.05) is 11.8 Å². The molecule has 0 aliphatic carbocycles. The van der Waals surface area contributed by atoms with Gasteiger partial charge in [-0.1, -0.05) is 135 Å². The molecule has 1 atom stereocenters. The second kappa shape index (κ2) is 19.7. The quantitative estimate of drug-likeness (QED) is 0.124. The minimum absolute atomic E-state index is 0.312. The van der Waals surface area contributed by atoms with Gasteiger partial charge >= 0.3 is 12.0 Å². The van der Waals surface area contributed by atoms with Crippen LogP contribution in [0.25, 0.3) is 11.3 Å². The van der Waals surface area contributed by atoms with Crippen molar-refractivity contribution in [3.05, 3.63) is 42.1 Å². The molecule has 2 rings (SSSR count). The molecule has 0 aliphatic rings. The summed E-state index contributed by atoms with van der Waals surface area (Å²) in [5.41, 5.74) is 1.81. The fraction of sp³-hybridized carbons (Fsp3) is 0.656. The number of carbonyl (C=O) groups is 1. The Kier molecular flexibility index (Phi) is 16.4. The van der Waals surface area contributed by atoms with Gasteiger partial charge in [-0.25, -0.2) is 9.78 Å². The molecule has 1 aromatic carbocycles. The molecule has 206 valence electrons. The van der Waals surface area contributed by atoms with E-state index in [2.05, 4.69) is 30.7 Å². The lowest BCUT2D eigenvalue weighted by Crippen LogP contribution is -2.11. The van der Waals surface area contributed by atoms with E-state index in [1.807, 2.05) is 30.3 Å². The predicted octanol–water partition coefficient (Wildman–Crippen LogP) is 9.21. The largest absolute Gasteiger partial charge is 0.463 e. The molecule has 0 saturated carbocycles. The fourth-order valence-corrected chi connectivity index (χ4v) is 4.37. The van der Waals surface area contributed by atoms with Crippen LogP contribution in [-0.4, -0.2) is 29.2 Å². The summed E-state index contributed by atoms with van der Waals surface area (Å²) >= 11 is 0. The summed E-state index contributed by atoms with van der Waals surface area (Å²) < 4.78 is 11.4. The second-order valence-electron chi connectivity index (χ2n) is 10.3. The van der Waals surface area contributed by atoms with Crippen molar-refractivity contribution in [2.24, 2.45) is 5.92 Å². The average Bonchev–Trinajstić information content (AvgIpc) is 2.93. The molecule has 0 bridgehead atoms. The van der Waals surface area contributed by atoms with E-state index in [9.17, 15) is 4.79 Å². The van der Waals surface area contributed by atoms with Crippen LogP contribution >= 0.6 is 0 Å². The third-order valence-corrected chi connectivity index (χ3v) is 7.03. The minimum Gasteiger partial charge on any atom is -0.463 e. The molecule has 0 N–H and O–H groups in total. The third-order valence-electron chi connectivity index (χ3n) is 7.03. The van der Waals surface area contributed by atoms with E-state index in [-0.39, 0.29) is 5.97 Å². The fourth-order valence-electron chi connectivity index (χ4n) is 4.37. The molecule has 0 saturated heterocycles. The Morgan fingerprint density at radius 2 is 1.43 bits per heavy atom. The molecule has 0 aliphatic heterocycles. The van der Waals surface area contributed by atoms with Crippen LogP contribution in [0.3, 0.4) is 0 Å². The van der Waals surface area contributed by atoms with Crippen molar-refractivity contribution in [2.75, 3.05) is 13.2 Å². The maximum atomic E-state index is 12.9. The van der Waals surface area contributed by atoms with E-state index < -0.39 is 0 Å². The lowest BCUT2D eigenvalue weighted by molar-refractivity contribution is 0.0497. The number of hydrogen-bond donors (Lipinski definition) is 0. The van der Waals surface area contributed by atoms with Crippen molar-refractivity contribution in [1.82, 2.24) is 9.97 Å². The van der Waals surface area contributed by atoms with Crippen molar-refractivity contribution in [3.8, 4) is 17.3 Å². The Morgan fingerprint density at radius 3 is 2.11 bits per heavy atom. The molecule has 2 aromatic rings. The lowest BCUT2D eigenvalue weighted by Gasteiger charge is -2.11. The first-order valence-corrected chi connectivity index (χ1v) is 14.9. The summed E-state index contributed by atoms with van der Waals surface area (Å²) in [6.45, 7) is 7.81. The number of carbonyl (C=O) groups excluding carboxylic acids is 1. The van der Waals surface area contributed by atoms with Gasteiger partial charge in [0.15, 0.2) is 0 Å². The van der Waals surface area contributed by atoms with Crippen LogP contribution < -0.4 is 4.74 Å². The topological polar surface area (TPSA) is 61.3 Å². The zero-order valence-corrected chi connectivity index (χ0v) is 23.7. The Bertz CT molecular complexity index is 856. The van der Waals surface area contributed by atoms with Crippen molar-refractivity contribution < 1.29 is 14.3 Å². The van der Waals surface area contributed by atoms with Gasteiger partial charge < -0.3 is 9.47 Å². The van der Waals surface area contributed by atoms with Crippen LogP contribution in [0, 0.1) is 5.92 Å². The van der Waals surface area contributed by atoms with Crippen molar-refractivity contribution in [3.63, 3.8) is 0 Å². The highest BCUT2D eigenvalue weighted by Gasteiger charge is 2.18. The summed E-state index contributed by atoms with van der Waals surface area (Å²) in [5.74, 6) is 0.418. The van der Waals surface area contributed by atoms with Gasteiger partial charge in [-0.05, 0) is 18.8 Å². The van der Waals surface area contributed by atoms with E-state index in [1.165, 1.54) is 70.6 Å². The van der Waals surface area contributed by atoms with Gasteiger partial charge in [0.25, 0.3) is 0 Å². The van der Waals surface area contributed by atoms with Crippen LogP contribution in [0.4, 0.5) is 0 Å². The molecular weight excluding hydrogens is 460 g/mol. The van der Waals surface area contributed by atoms with Crippen LogP contribution in [-0.2, 0) is 4.74 Å². The monoisotopic (exact) mass is 510 g/mol. The van der Waals surface area contributed by atoms with E-state index in [0.717, 1.165) is 37.2 Å². The smallest absolute Gasteiger partial charge is 0.341 e. The SMILES string of the molecule is CCCCCCCCCCCCOC(=O)c1cnc(OCCCCCC(C)CC)nc1-c1ccccc1. The van der Waals surface area contributed by atoms with Crippen molar-refractivity contribution >= 4 is 5.97 Å². The van der Waals surface area contributed by atoms with Crippen LogP contribution in [0.1, 0.15) is 127 Å². The number of aromatic nitrogens is 2. The molecule has 1 aromatic heterocycles. The number of esters is 1. The lowest BCUT2D eigenvalue weighted by atomic mass is 10.0. The highest BCUT2D eigenvalue weighted by molar-refractivity contribution is 5.95. The summed E-state index contributed by atoms with van der Waals surface area (Å²) in [6, 6.07) is 10.0. The Morgan fingerprint density at radius 1 is 0.811 bits per heavy atom. The van der Waals surface area contributed by atoms with Gasteiger partial charge in [-0.15, -0.1) is 0 Å². The minimum atomic E-state index is -0.369. The van der Waals surface area contributed by atoms with E-state index in [1.54, 1.807) is 6.20 Å². The molecule has 5 nitrogen and oxygen atoms in total. The van der Waals surface area contributed by atoms with Crippen molar-refractivity contribution in [2.45, 2.75) is 117 Å². The van der Waals surface area contributed by atoms with Crippen LogP contribution in [0.15, 0.2) is 36.5 Å². The van der Waals surface area contributed by atoms with Gasteiger partial charge in [0.1, 0.15) is 5.56 Å². The summed E-state index contributed by atoms with van der Waals surface area (Å²) in [5, 5.41) is 0. The Labute approximate surface area is 225 Å². The van der Waals surface area contributed by atoms with E-state index >= 15 is 0 Å². The zero-order valence-electron chi connectivity index (χ0n) is 23.7. The third kappa shape index (κ3) is 13.1. The number of hydrogen-bond acceptors (Lipinski definition) is 5. The summed E-state index contributed by atoms with van der Waals surface area (Å²) in [4.78, 5) is 21.8. The molecule has 5 heteroatoms. The highest BCUT2D eigenvalue weighted by Crippen LogP contribution is 2.24. The number of unbranched alkanes of at least 4 members (excludes halogenated alkanes) is 11. The first-order valence-electron chi connectivity index (χ1n) is 14.9. The van der Waals surface area contributed by atoms with E-state index in [0.29, 0.717) is 30.5 Å². The summed E-state index contributed by atoms with van der Waals surface area (Å²) in [6.07, 6.45) is 19.9. The molecule has 0 amide bonds. The maximum Gasteiger partial charge on any atom is 0.341 e. The number of benzene rings is 1. The standard InChI is InChI=1S/C32H50N2O3/c1-4-6-7-8-9-10-11-12-13-19-24-36-31(35)29-26-33-32(34-30(29)28-22-17-14-18-23-28)37-25-20-15-16-21-27(3)5-2/h14,17-18,22-23,26-27H,4-13,15-16,19-21,24-25H2,1-3H3. The zero-order chi connectivity index (χ0) is 26.6. The van der Waals surface area contributed by atoms with Crippen molar-refractivity contribution in [1.29, 1.82) is 0 Å².